The zero-order chi connectivity index (χ0) is 12.3. The summed E-state index contributed by atoms with van der Waals surface area (Å²) in [5, 5.41) is 1.26. The third-order valence-corrected chi connectivity index (χ3v) is 2.96. The predicted molar refractivity (Wildman–Crippen MR) is 76.9 cm³/mol. The number of nitrogens with zero attached hydrogens (tertiary/aromatic N) is 1. The first-order valence-electron chi connectivity index (χ1n) is 5.86. The van der Waals surface area contributed by atoms with Crippen molar-refractivity contribution < 1.29 is 0 Å². The van der Waals surface area contributed by atoms with Crippen molar-refractivity contribution >= 4 is 23.1 Å². The third-order valence-electron chi connectivity index (χ3n) is 2.96. The van der Waals surface area contributed by atoms with E-state index in [1.54, 1.807) is 6.08 Å². The summed E-state index contributed by atoms with van der Waals surface area (Å²) in [5.74, 6) is 0. The molecule has 1 aromatic heterocycles. The highest BCUT2D eigenvalue weighted by Gasteiger charge is 2.10. The number of allylic oxidation sites excluding steroid dienone is 2. The minimum atomic E-state index is 0.950. The van der Waals surface area contributed by atoms with Crippen molar-refractivity contribution in [1.29, 1.82) is 0 Å². The van der Waals surface area contributed by atoms with Crippen LogP contribution in [0.2, 0.25) is 0 Å². The fraction of sp³-hybridized carbons (Fsp3) is 0.125. The van der Waals surface area contributed by atoms with Gasteiger partial charge in [0.1, 0.15) is 0 Å². The maximum atomic E-state index is 3.92. The largest absolute Gasteiger partial charge is 0.341 e. The fourth-order valence-corrected chi connectivity index (χ4v) is 2.24. The molecule has 0 amide bonds. The quantitative estimate of drug-likeness (QED) is 0.672. The molecule has 2 rings (SSSR count). The van der Waals surface area contributed by atoms with Gasteiger partial charge in [-0.2, -0.15) is 0 Å². The van der Waals surface area contributed by atoms with Crippen LogP contribution in [0, 0.1) is 0 Å². The van der Waals surface area contributed by atoms with Gasteiger partial charge in [0.2, 0.25) is 0 Å². The van der Waals surface area contributed by atoms with Gasteiger partial charge in [0.15, 0.2) is 0 Å². The number of aromatic nitrogens is 1. The van der Waals surface area contributed by atoms with E-state index in [0.29, 0.717) is 0 Å². The van der Waals surface area contributed by atoms with Crippen molar-refractivity contribution in [3.8, 4) is 0 Å². The molecular formula is C16H17N. The van der Waals surface area contributed by atoms with E-state index in [-0.39, 0.29) is 0 Å². The maximum absolute atomic E-state index is 3.92. The molecule has 1 heterocycles. The van der Waals surface area contributed by atoms with Gasteiger partial charge in [-0.05, 0) is 19.1 Å². The van der Waals surface area contributed by atoms with E-state index < -0.39 is 0 Å². The molecule has 1 heteroatoms. The maximum Gasteiger partial charge on any atom is 0.0491 e. The van der Waals surface area contributed by atoms with Gasteiger partial charge in [-0.1, -0.05) is 49.6 Å². The van der Waals surface area contributed by atoms with Gasteiger partial charge in [0.05, 0.1) is 0 Å². The summed E-state index contributed by atoms with van der Waals surface area (Å²) < 4.78 is 2.30. The Kier molecular flexibility index (Phi) is 3.29. The first-order valence-corrected chi connectivity index (χ1v) is 5.86. The number of benzene rings is 1. The van der Waals surface area contributed by atoms with Crippen molar-refractivity contribution in [3.63, 3.8) is 0 Å². The lowest BCUT2D eigenvalue weighted by molar-refractivity contribution is 0.789. The number of hydrogen-bond donors (Lipinski definition) is 0. The van der Waals surface area contributed by atoms with Gasteiger partial charge in [0.25, 0.3) is 0 Å². The summed E-state index contributed by atoms with van der Waals surface area (Å²) >= 11 is 0. The molecule has 0 radical (unpaired) electrons. The van der Waals surface area contributed by atoms with Crippen molar-refractivity contribution in [2.45, 2.75) is 13.5 Å². The van der Waals surface area contributed by atoms with Gasteiger partial charge >= 0.3 is 0 Å². The SMILES string of the molecule is C=C/C=C\c1c(C=C)c2ccccc2n1CC. The Balaban J connectivity index is 2.82. The second-order valence-electron chi connectivity index (χ2n) is 3.86. The Morgan fingerprint density at radius 1 is 1.24 bits per heavy atom. The lowest BCUT2D eigenvalue weighted by atomic mass is 10.1. The highest BCUT2D eigenvalue weighted by molar-refractivity contribution is 5.93. The van der Waals surface area contributed by atoms with Crippen molar-refractivity contribution in [2.75, 3.05) is 0 Å². The van der Waals surface area contributed by atoms with Crippen LogP contribution in [0.5, 0.6) is 0 Å². The van der Waals surface area contributed by atoms with Crippen LogP contribution in [0.25, 0.3) is 23.1 Å². The zero-order valence-electron chi connectivity index (χ0n) is 10.2. The molecule has 0 aliphatic heterocycles. The molecular weight excluding hydrogens is 206 g/mol. The van der Waals surface area contributed by atoms with E-state index in [2.05, 4.69) is 55.0 Å². The number of hydrogen-bond acceptors (Lipinski definition) is 0. The number of rotatable bonds is 4. The molecule has 0 spiro atoms. The van der Waals surface area contributed by atoms with Crippen LogP contribution in [0.3, 0.4) is 0 Å². The Hall–Kier alpha value is -2.02. The minimum absolute atomic E-state index is 0.950. The molecule has 0 bridgehead atoms. The van der Waals surface area contributed by atoms with E-state index >= 15 is 0 Å². The van der Waals surface area contributed by atoms with Crippen molar-refractivity contribution in [1.82, 2.24) is 4.57 Å². The van der Waals surface area contributed by atoms with Crippen LogP contribution in [0.1, 0.15) is 18.2 Å². The van der Waals surface area contributed by atoms with Gasteiger partial charge in [-0.25, -0.2) is 0 Å². The third kappa shape index (κ3) is 1.84. The van der Waals surface area contributed by atoms with E-state index in [0.717, 1.165) is 6.54 Å². The summed E-state index contributed by atoms with van der Waals surface area (Å²) in [7, 11) is 0. The molecule has 0 aliphatic rings. The van der Waals surface area contributed by atoms with Gasteiger partial charge in [-0.15, -0.1) is 0 Å². The second kappa shape index (κ2) is 4.88. The van der Waals surface area contributed by atoms with Gasteiger partial charge < -0.3 is 4.57 Å². The topological polar surface area (TPSA) is 4.93 Å². The fourth-order valence-electron chi connectivity index (χ4n) is 2.24. The average molecular weight is 223 g/mol. The number of aryl methyl sites for hydroxylation is 1. The van der Waals surface area contributed by atoms with E-state index in [1.165, 1.54) is 22.2 Å². The average Bonchev–Trinajstić information content (AvgIpc) is 2.68. The Morgan fingerprint density at radius 2 is 2.00 bits per heavy atom. The van der Waals surface area contributed by atoms with E-state index in [9.17, 15) is 0 Å². The molecule has 0 saturated carbocycles. The normalized spacial score (nSPS) is 11.1. The standard InChI is InChI=1S/C16H17N/c1-4-7-11-15-13(5-2)14-10-8-9-12-16(14)17(15)6-3/h4-5,7-12H,1-2,6H2,3H3/b11-7-. The van der Waals surface area contributed by atoms with Gasteiger partial charge in [-0.3, -0.25) is 0 Å². The molecule has 0 aliphatic carbocycles. The highest BCUT2D eigenvalue weighted by Crippen LogP contribution is 2.28. The highest BCUT2D eigenvalue weighted by atomic mass is 15.0. The Morgan fingerprint density at radius 3 is 2.65 bits per heavy atom. The second-order valence-corrected chi connectivity index (χ2v) is 3.86. The molecule has 0 saturated heterocycles. The predicted octanol–water partition coefficient (Wildman–Crippen LogP) is 4.50. The van der Waals surface area contributed by atoms with Crippen LogP contribution < -0.4 is 0 Å². The molecule has 2 aromatic rings. The van der Waals surface area contributed by atoms with E-state index in [1.807, 2.05) is 12.2 Å². The zero-order valence-corrected chi connectivity index (χ0v) is 10.2. The summed E-state index contributed by atoms with van der Waals surface area (Å²) in [6.45, 7) is 10.8. The molecule has 86 valence electrons. The Labute approximate surface area is 102 Å². The molecule has 0 N–H and O–H groups in total. The molecule has 1 aromatic carbocycles. The van der Waals surface area contributed by atoms with Crippen LogP contribution in [-0.2, 0) is 6.54 Å². The van der Waals surface area contributed by atoms with Crippen molar-refractivity contribution in [3.05, 3.63) is 60.8 Å². The molecule has 0 atom stereocenters. The van der Waals surface area contributed by atoms with Crippen LogP contribution in [0.4, 0.5) is 0 Å². The smallest absolute Gasteiger partial charge is 0.0491 e. The van der Waals surface area contributed by atoms with Crippen LogP contribution in [-0.4, -0.2) is 4.57 Å². The minimum Gasteiger partial charge on any atom is -0.341 e. The van der Waals surface area contributed by atoms with Crippen molar-refractivity contribution in [2.24, 2.45) is 0 Å². The van der Waals surface area contributed by atoms with Crippen LogP contribution in [0.15, 0.2) is 49.6 Å². The lowest BCUT2D eigenvalue weighted by Gasteiger charge is -2.04. The first kappa shape index (κ1) is 11.5. The molecule has 17 heavy (non-hydrogen) atoms. The molecule has 0 unspecified atom stereocenters. The number of para-hydroxylation sites is 1. The summed E-state index contributed by atoms with van der Waals surface area (Å²) in [5.41, 5.74) is 3.65. The monoisotopic (exact) mass is 223 g/mol. The Bertz CT molecular complexity index is 585. The summed E-state index contributed by atoms with van der Waals surface area (Å²) in [6, 6.07) is 8.43. The summed E-state index contributed by atoms with van der Waals surface area (Å²) in [6.07, 6.45) is 7.78. The number of fused-ring (bicyclic) bond motifs is 1. The summed E-state index contributed by atoms with van der Waals surface area (Å²) in [4.78, 5) is 0. The van der Waals surface area contributed by atoms with E-state index in [4.69, 9.17) is 0 Å². The van der Waals surface area contributed by atoms with Gasteiger partial charge in [0, 0.05) is 28.7 Å². The molecule has 0 fully saturated rings. The molecule has 1 nitrogen and oxygen atoms in total. The van der Waals surface area contributed by atoms with Crippen LogP contribution >= 0.6 is 0 Å². The lowest BCUT2D eigenvalue weighted by Crippen LogP contribution is -1.96. The first-order chi connectivity index (χ1) is 8.33.